The highest BCUT2D eigenvalue weighted by molar-refractivity contribution is 6.16. The molecule has 4 amide bonds. The Balaban J connectivity index is 2.22. The van der Waals surface area contributed by atoms with Crippen LogP contribution in [0, 0.1) is 5.92 Å². The van der Waals surface area contributed by atoms with E-state index in [2.05, 4.69) is 5.32 Å². The zero-order valence-electron chi connectivity index (χ0n) is 16.4. The molecule has 0 unspecified atom stereocenters. The quantitative estimate of drug-likeness (QED) is 0.734. The predicted octanol–water partition coefficient (Wildman–Crippen LogP) is 4.23. The fourth-order valence-corrected chi connectivity index (χ4v) is 4.08. The Morgan fingerprint density at radius 3 is 1.79 bits per heavy atom. The van der Waals surface area contributed by atoms with Crippen molar-refractivity contribution in [3.63, 3.8) is 0 Å². The van der Waals surface area contributed by atoms with E-state index >= 15 is 0 Å². The molecule has 1 aliphatic heterocycles. The van der Waals surface area contributed by atoms with Gasteiger partial charge in [0.15, 0.2) is 5.54 Å². The molecular weight excluding hydrogens is 352 g/mol. The first-order valence-corrected chi connectivity index (χ1v) is 9.87. The molecule has 0 atom stereocenters. The molecule has 1 fully saturated rings. The molecule has 0 aromatic heterocycles. The van der Waals surface area contributed by atoms with E-state index in [-0.39, 0.29) is 11.8 Å². The van der Waals surface area contributed by atoms with Gasteiger partial charge in [-0.25, -0.2) is 9.69 Å². The Kier molecular flexibility index (Phi) is 5.93. The van der Waals surface area contributed by atoms with E-state index in [4.69, 9.17) is 0 Å². The molecule has 1 heterocycles. The fraction of sp³-hybridized carbons (Fsp3) is 0.348. The average molecular weight is 378 g/mol. The zero-order chi connectivity index (χ0) is 20.1. The van der Waals surface area contributed by atoms with E-state index in [9.17, 15) is 14.4 Å². The van der Waals surface area contributed by atoms with Crippen LogP contribution in [0.1, 0.15) is 50.7 Å². The van der Waals surface area contributed by atoms with Crippen molar-refractivity contribution in [2.24, 2.45) is 5.92 Å². The van der Waals surface area contributed by atoms with Crippen LogP contribution in [0.25, 0.3) is 0 Å². The maximum atomic E-state index is 13.6. The molecule has 0 spiro atoms. The van der Waals surface area contributed by atoms with Gasteiger partial charge in [0.1, 0.15) is 0 Å². The number of amides is 4. The average Bonchev–Trinajstić information content (AvgIpc) is 2.99. The van der Waals surface area contributed by atoms with Gasteiger partial charge in [0.2, 0.25) is 5.91 Å². The lowest BCUT2D eigenvalue weighted by molar-refractivity contribution is -0.140. The molecule has 146 valence electrons. The molecule has 5 nitrogen and oxygen atoms in total. The van der Waals surface area contributed by atoms with Gasteiger partial charge in [0.05, 0.1) is 0 Å². The van der Waals surface area contributed by atoms with E-state index in [1.54, 1.807) is 24.3 Å². The van der Waals surface area contributed by atoms with E-state index in [1.165, 1.54) is 0 Å². The number of nitrogens with one attached hydrogen (secondary N) is 1. The smallest absolute Gasteiger partial charge is 0.275 e. The van der Waals surface area contributed by atoms with E-state index < -0.39 is 17.5 Å². The lowest BCUT2D eigenvalue weighted by Crippen LogP contribution is -2.52. The molecule has 0 saturated carbocycles. The number of carbonyl (C=O) groups is 3. The summed E-state index contributed by atoms with van der Waals surface area (Å²) in [4.78, 5) is 40.8. The largest absolute Gasteiger partial charge is 0.332 e. The number of carbonyl (C=O) groups excluding carboxylic acids is 3. The summed E-state index contributed by atoms with van der Waals surface area (Å²) in [6.07, 6.45) is 3.04. The van der Waals surface area contributed by atoms with E-state index in [1.807, 2.05) is 50.2 Å². The van der Waals surface area contributed by atoms with Crippen LogP contribution in [-0.2, 0) is 15.1 Å². The van der Waals surface area contributed by atoms with Gasteiger partial charge < -0.3 is 0 Å². The lowest BCUT2D eigenvalue weighted by atomic mass is 9.80. The number of nitrogens with zero attached hydrogens (tertiary/aromatic N) is 1. The molecule has 5 heteroatoms. The highest BCUT2D eigenvalue weighted by Crippen LogP contribution is 2.41. The SMILES string of the molecule is CCCC(CCC)C(=O)N1C(=O)NC(=O)C1(c1ccccc1)c1ccccc1. The number of hydrogen-bond donors (Lipinski definition) is 1. The van der Waals surface area contributed by atoms with Crippen molar-refractivity contribution in [1.82, 2.24) is 10.2 Å². The molecule has 0 bridgehead atoms. The third-order valence-electron chi connectivity index (χ3n) is 5.31. The minimum Gasteiger partial charge on any atom is -0.275 e. The van der Waals surface area contributed by atoms with Crippen LogP contribution >= 0.6 is 0 Å². The first kappa shape index (κ1) is 19.8. The summed E-state index contributed by atoms with van der Waals surface area (Å²) in [6.45, 7) is 4.04. The van der Waals surface area contributed by atoms with Gasteiger partial charge in [0.25, 0.3) is 5.91 Å². The van der Waals surface area contributed by atoms with Crippen LogP contribution in [0.3, 0.4) is 0 Å². The topological polar surface area (TPSA) is 66.5 Å². The zero-order valence-corrected chi connectivity index (χ0v) is 16.4. The summed E-state index contributed by atoms with van der Waals surface area (Å²) in [7, 11) is 0. The van der Waals surface area contributed by atoms with Crippen molar-refractivity contribution in [3.05, 3.63) is 71.8 Å². The second kappa shape index (κ2) is 8.38. The highest BCUT2D eigenvalue weighted by Gasteiger charge is 2.58. The molecular formula is C23H26N2O3. The maximum Gasteiger partial charge on any atom is 0.332 e. The van der Waals surface area contributed by atoms with Crippen molar-refractivity contribution in [2.75, 3.05) is 0 Å². The Morgan fingerprint density at radius 2 is 1.36 bits per heavy atom. The van der Waals surface area contributed by atoms with Crippen molar-refractivity contribution in [1.29, 1.82) is 0 Å². The van der Waals surface area contributed by atoms with Crippen LogP contribution in [-0.4, -0.2) is 22.7 Å². The molecule has 3 rings (SSSR count). The maximum absolute atomic E-state index is 13.6. The summed E-state index contributed by atoms with van der Waals surface area (Å²) in [6, 6.07) is 17.5. The first-order chi connectivity index (χ1) is 13.6. The summed E-state index contributed by atoms with van der Waals surface area (Å²) in [5.41, 5.74) is -0.287. The van der Waals surface area contributed by atoms with Crippen LogP contribution in [0.2, 0.25) is 0 Å². The normalized spacial score (nSPS) is 15.8. The van der Waals surface area contributed by atoms with Crippen LogP contribution in [0.15, 0.2) is 60.7 Å². The molecule has 2 aromatic carbocycles. The Bertz CT molecular complexity index is 803. The number of urea groups is 1. The minimum absolute atomic E-state index is 0.292. The standard InChI is InChI=1S/C23H26N2O3/c1-3-11-17(12-4-2)20(26)25-22(28)24-21(27)23(25,18-13-7-5-8-14-18)19-15-9-6-10-16-19/h5-10,13-17H,3-4,11-12H2,1-2H3,(H,24,27,28). The summed E-state index contributed by atoms with van der Waals surface area (Å²) in [5.74, 6) is -1.08. The fourth-order valence-electron chi connectivity index (χ4n) is 4.08. The second-order valence-electron chi connectivity index (χ2n) is 7.15. The number of hydrogen-bond acceptors (Lipinski definition) is 3. The minimum atomic E-state index is -1.49. The molecule has 0 aliphatic carbocycles. The summed E-state index contributed by atoms with van der Waals surface area (Å²) in [5, 5.41) is 2.40. The lowest BCUT2D eigenvalue weighted by Gasteiger charge is -2.36. The van der Waals surface area contributed by atoms with Gasteiger partial charge >= 0.3 is 6.03 Å². The third-order valence-corrected chi connectivity index (χ3v) is 5.31. The number of benzene rings is 2. The number of imide groups is 2. The van der Waals surface area contributed by atoms with Crippen molar-refractivity contribution >= 4 is 17.8 Å². The summed E-state index contributed by atoms with van der Waals surface area (Å²) < 4.78 is 0. The van der Waals surface area contributed by atoms with Crippen LogP contribution < -0.4 is 5.32 Å². The van der Waals surface area contributed by atoms with Gasteiger partial charge in [-0.15, -0.1) is 0 Å². The van der Waals surface area contributed by atoms with Crippen molar-refractivity contribution in [3.8, 4) is 0 Å². The van der Waals surface area contributed by atoms with Crippen molar-refractivity contribution in [2.45, 2.75) is 45.1 Å². The Labute approximate surface area is 165 Å². The van der Waals surface area contributed by atoms with Gasteiger partial charge in [-0.2, -0.15) is 0 Å². The molecule has 2 aromatic rings. The Morgan fingerprint density at radius 1 is 0.893 bits per heavy atom. The Hall–Kier alpha value is -2.95. The molecule has 0 radical (unpaired) electrons. The predicted molar refractivity (Wildman–Crippen MR) is 107 cm³/mol. The summed E-state index contributed by atoms with van der Waals surface area (Å²) >= 11 is 0. The third kappa shape index (κ3) is 3.21. The van der Waals surface area contributed by atoms with Gasteiger partial charge in [-0.3, -0.25) is 14.9 Å². The van der Waals surface area contributed by atoms with Crippen LogP contribution in [0.5, 0.6) is 0 Å². The highest BCUT2D eigenvalue weighted by atomic mass is 16.2. The number of rotatable bonds is 7. The molecule has 1 N–H and O–H groups in total. The molecule has 28 heavy (non-hydrogen) atoms. The monoisotopic (exact) mass is 378 g/mol. The van der Waals surface area contributed by atoms with E-state index in [0.29, 0.717) is 24.0 Å². The van der Waals surface area contributed by atoms with E-state index in [0.717, 1.165) is 17.7 Å². The van der Waals surface area contributed by atoms with Gasteiger partial charge in [0, 0.05) is 5.92 Å². The van der Waals surface area contributed by atoms with Crippen molar-refractivity contribution < 1.29 is 14.4 Å². The van der Waals surface area contributed by atoms with Gasteiger partial charge in [-0.05, 0) is 24.0 Å². The second-order valence-corrected chi connectivity index (χ2v) is 7.15. The first-order valence-electron chi connectivity index (χ1n) is 9.87. The van der Waals surface area contributed by atoms with Crippen LogP contribution in [0.4, 0.5) is 4.79 Å². The van der Waals surface area contributed by atoms with Gasteiger partial charge in [-0.1, -0.05) is 87.4 Å². The molecule has 1 saturated heterocycles. The molecule has 1 aliphatic rings.